The maximum atomic E-state index is 12.7. The van der Waals surface area contributed by atoms with Crippen LogP contribution >= 0.6 is 27.7 Å². The summed E-state index contributed by atoms with van der Waals surface area (Å²) >= 11 is 4.83. The number of aliphatic carboxylic acids is 1. The molecule has 148 valence electrons. The second-order valence-corrected chi connectivity index (χ2v) is 7.59. The second-order valence-electron chi connectivity index (χ2n) is 5.69. The molecule has 0 aliphatic heterocycles. The number of carbonyl (C=O) groups excluding carboxylic acids is 2. The summed E-state index contributed by atoms with van der Waals surface area (Å²) in [5, 5.41) is 14.3. The van der Waals surface area contributed by atoms with E-state index in [4.69, 9.17) is 4.42 Å². The number of halogens is 1. The number of furan rings is 1. The van der Waals surface area contributed by atoms with Gasteiger partial charge in [-0.05, 0) is 54.3 Å². The van der Waals surface area contributed by atoms with Crippen molar-refractivity contribution in [1.82, 2.24) is 10.6 Å². The maximum Gasteiger partial charge on any atom is 0.326 e. The summed E-state index contributed by atoms with van der Waals surface area (Å²) in [7, 11) is 0. The van der Waals surface area contributed by atoms with Gasteiger partial charge in [-0.15, -0.1) is 0 Å². The molecule has 0 radical (unpaired) electrons. The van der Waals surface area contributed by atoms with Crippen LogP contribution in [0.2, 0.25) is 0 Å². The lowest BCUT2D eigenvalue weighted by Gasteiger charge is -2.16. The number of thioether (sulfide) groups is 1. The summed E-state index contributed by atoms with van der Waals surface area (Å²) < 4.78 is 5.84. The molecule has 0 bridgehead atoms. The van der Waals surface area contributed by atoms with Gasteiger partial charge in [0.25, 0.3) is 11.8 Å². The van der Waals surface area contributed by atoms with Crippen LogP contribution in [0.25, 0.3) is 6.08 Å². The fraction of sp³-hybridized carbons (Fsp3) is 0.211. The number of carbonyl (C=O) groups is 3. The van der Waals surface area contributed by atoms with E-state index in [-0.39, 0.29) is 17.9 Å². The summed E-state index contributed by atoms with van der Waals surface area (Å²) in [5.74, 6) is -1.85. The minimum atomic E-state index is -1.14. The predicted octanol–water partition coefficient (Wildman–Crippen LogP) is 3.14. The summed E-state index contributed by atoms with van der Waals surface area (Å²) in [6.45, 7) is 0. The van der Waals surface area contributed by atoms with Crippen LogP contribution < -0.4 is 10.6 Å². The number of rotatable bonds is 9. The number of nitrogens with one attached hydrogen (secondary N) is 2. The van der Waals surface area contributed by atoms with Gasteiger partial charge in [0.2, 0.25) is 0 Å². The molecule has 9 heteroatoms. The van der Waals surface area contributed by atoms with Gasteiger partial charge >= 0.3 is 5.97 Å². The zero-order valence-electron chi connectivity index (χ0n) is 15.0. The van der Waals surface area contributed by atoms with E-state index in [2.05, 4.69) is 26.6 Å². The van der Waals surface area contributed by atoms with Gasteiger partial charge in [0, 0.05) is 4.47 Å². The van der Waals surface area contributed by atoms with E-state index in [1.165, 1.54) is 30.2 Å². The van der Waals surface area contributed by atoms with Crippen molar-refractivity contribution in [2.75, 3.05) is 12.0 Å². The Morgan fingerprint density at radius 1 is 1.29 bits per heavy atom. The highest BCUT2D eigenvalue weighted by molar-refractivity contribution is 9.10. The summed E-state index contributed by atoms with van der Waals surface area (Å²) in [6, 6.07) is 9.05. The minimum Gasteiger partial charge on any atom is -0.480 e. The van der Waals surface area contributed by atoms with Gasteiger partial charge < -0.3 is 20.2 Å². The molecule has 0 spiro atoms. The minimum absolute atomic E-state index is 0.0325. The smallest absolute Gasteiger partial charge is 0.326 e. The molecule has 0 fully saturated rings. The normalized spacial score (nSPS) is 12.3. The van der Waals surface area contributed by atoms with Crippen LogP contribution in [0.3, 0.4) is 0 Å². The fourth-order valence-corrected chi connectivity index (χ4v) is 3.13. The van der Waals surface area contributed by atoms with E-state index in [0.717, 1.165) is 4.47 Å². The quantitative estimate of drug-likeness (QED) is 0.489. The van der Waals surface area contributed by atoms with Crippen molar-refractivity contribution in [2.24, 2.45) is 0 Å². The molecule has 0 saturated heterocycles. The Kier molecular flexibility index (Phi) is 8.34. The van der Waals surface area contributed by atoms with E-state index in [1.54, 1.807) is 24.3 Å². The Bertz CT molecular complexity index is 867. The van der Waals surface area contributed by atoms with Crippen molar-refractivity contribution in [1.29, 1.82) is 0 Å². The van der Waals surface area contributed by atoms with E-state index in [9.17, 15) is 19.5 Å². The standard InChI is InChI=1S/C19H19BrN2O5S/c1-28-9-7-14(19(25)26)21-17(23)15(11-12-4-2-5-13(20)10-12)22-18(24)16-6-3-8-27-16/h2-6,8,10-11,14H,7,9H2,1H3,(H,21,23)(H,22,24)(H,25,26)/b15-11+/t14-/m1/s1. The molecule has 1 atom stereocenters. The van der Waals surface area contributed by atoms with Crippen molar-refractivity contribution in [2.45, 2.75) is 12.5 Å². The van der Waals surface area contributed by atoms with Crippen LogP contribution in [0, 0.1) is 0 Å². The van der Waals surface area contributed by atoms with Gasteiger partial charge in [-0.2, -0.15) is 11.8 Å². The zero-order valence-corrected chi connectivity index (χ0v) is 17.4. The first kappa shape index (κ1) is 21.8. The van der Waals surface area contributed by atoms with Crippen molar-refractivity contribution < 1.29 is 23.9 Å². The first-order valence-electron chi connectivity index (χ1n) is 8.25. The number of carboxylic acids is 1. The third-order valence-corrected chi connectivity index (χ3v) is 4.75. The van der Waals surface area contributed by atoms with Crippen molar-refractivity contribution >= 4 is 51.6 Å². The van der Waals surface area contributed by atoms with E-state index in [1.807, 2.05) is 12.3 Å². The third kappa shape index (κ3) is 6.58. The maximum absolute atomic E-state index is 12.7. The lowest BCUT2D eigenvalue weighted by atomic mass is 10.1. The van der Waals surface area contributed by atoms with E-state index in [0.29, 0.717) is 11.3 Å². The van der Waals surface area contributed by atoms with Crippen LogP contribution in [0.1, 0.15) is 22.5 Å². The number of carboxylic acid groups (broad SMARTS) is 1. The summed E-state index contributed by atoms with van der Waals surface area (Å²) in [4.78, 5) is 36.4. The van der Waals surface area contributed by atoms with Crippen LogP contribution in [0.15, 0.2) is 57.2 Å². The lowest BCUT2D eigenvalue weighted by Crippen LogP contribution is -2.44. The van der Waals surface area contributed by atoms with Crippen LogP contribution in [0.4, 0.5) is 0 Å². The van der Waals surface area contributed by atoms with Gasteiger partial charge in [-0.1, -0.05) is 28.1 Å². The van der Waals surface area contributed by atoms with Crippen molar-refractivity contribution in [3.8, 4) is 0 Å². The zero-order chi connectivity index (χ0) is 20.5. The van der Waals surface area contributed by atoms with Gasteiger partial charge in [-0.25, -0.2) is 4.79 Å². The molecular weight excluding hydrogens is 448 g/mol. The molecule has 1 heterocycles. The Morgan fingerprint density at radius 2 is 2.07 bits per heavy atom. The summed E-state index contributed by atoms with van der Waals surface area (Å²) in [6.07, 6.45) is 4.92. The van der Waals surface area contributed by atoms with E-state index < -0.39 is 23.8 Å². The van der Waals surface area contributed by atoms with E-state index >= 15 is 0 Å². The number of hydrogen-bond acceptors (Lipinski definition) is 5. The molecule has 28 heavy (non-hydrogen) atoms. The number of benzene rings is 1. The molecule has 0 saturated carbocycles. The Hall–Kier alpha value is -2.52. The lowest BCUT2D eigenvalue weighted by molar-refractivity contribution is -0.141. The first-order valence-corrected chi connectivity index (χ1v) is 10.4. The molecule has 3 N–H and O–H groups in total. The fourth-order valence-electron chi connectivity index (χ4n) is 2.24. The van der Waals surface area contributed by atoms with Crippen LogP contribution in [0.5, 0.6) is 0 Å². The predicted molar refractivity (Wildman–Crippen MR) is 111 cm³/mol. The molecule has 2 amide bonds. The van der Waals surface area contributed by atoms with Gasteiger partial charge in [0.05, 0.1) is 6.26 Å². The third-order valence-electron chi connectivity index (χ3n) is 3.61. The SMILES string of the molecule is CSCC[C@@H](NC(=O)/C(=C\c1cccc(Br)c1)NC(=O)c1ccco1)C(=O)O. The van der Waals surface area contributed by atoms with Gasteiger partial charge in [-0.3, -0.25) is 9.59 Å². The average Bonchev–Trinajstić information content (AvgIpc) is 3.19. The van der Waals surface area contributed by atoms with Gasteiger partial charge in [0.15, 0.2) is 5.76 Å². The molecule has 0 aliphatic carbocycles. The van der Waals surface area contributed by atoms with Crippen LogP contribution in [-0.4, -0.2) is 40.9 Å². The largest absolute Gasteiger partial charge is 0.480 e. The molecule has 2 rings (SSSR count). The molecule has 0 aliphatic rings. The molecule has 2 aromatic rings. The highest BCUT2D eigenvalue weighted by Crippen LogP contribution is 2.15. The average molecular weight is 467 g/mol. The molecule has 7 nitrogen and oxygen atoms in total. The topological polar surface area (TPSA) is 109 Å². The molecular formula is C19H19BrN2O5S. The molecule has 1 aromatic carbocycles. The first-order chi connectivity index (χ1) is 13.4. The number of amides is 2. The second kappa shape index (κ2) is 10.7. The Morgan fingerprint density at radius 3 is 2.68 bits per heavy atom. The Labute approximate surface area is 174 Å². The monoisotopic (exact) mass is 466 g/mol. The molecule has 1 aromatic heterocycles. The van der Waals surface area contributed by atoms with Crippen molar-refractivity contribution in [3.05, 3.63) is 64.2 Å². The van der Waals surface area contributed by atoms with Gasteiger partial charge in [0.1, 0.15) is 11.7 Å². The summed E-state index contributed by atoms with van der Waals surface area (Å²) in [5.41, 5.74) is 0.560. The van der Waals surface area contributed by atoms with Crippen molar-refractivity contribution in [3.63, 3.8) is 0 Å². The highest BCUT2D eigenvalue weighted by Gasteiger charge is 2.23. The van der Waals surface area contributed by atoms with Crippen LogP contribution in [-0.2, 0) is 9.59 Å². The number of hydrogen-bond donors (Lipinski definition) is 3. The highest BCUT2D eigenvalue weighted by atomic mass is 79.9. The molecule has 0 unspecified atom stereocenters. The Balaban J connectivity index is 2.27.